The van der Waals surface area contributed by atoms with Crippen LogP contribution >= 0.6 is 23.1 Å². The molecule has 6 nitrogen and oxygen atoms in total. The van der Waals surface area contributed by atoms with Crippen molar-refractivity contribution in [2.75, 3.05) is 19.4 Å². The van der Waals surface area contributed by atoms with Crippen molar-refractivity contribution < 1.29 is 13.9 Å². The van der Waals surface area contributed by atoms with Crippen molar-refractivity contribution in [3.8, 4) is 17.2 Å². The highest BCUT2D eigenvalue weighted by Gasteiger charge is 2.30. The van der Waals surface area contributed by atoms with E-state index in [-0.39, 0.29) is 11.9 Å². The van der Waals surface area contributed by atoms with Gasteiger partial charge in [-0.05, 0) is 48.6 Å². The second kappa shape index (κ2) is 8.14. The lowest BCUT2D eigenvalue weighted by Crippen LogP contribution is -2.31. The minimum absolute atomic E-state index is 0.111. The SMILES string of the molecule is COc1ccc(-c2nnc(SCC(=O)N3CCCC3c3cccs3)o2)cc1. The molecule has 1 aliphatic heterocycles. The molecular formula is C19H19N3O3S2. The Morgan fingerprint density at radius 1 is 1.33 bits per heavy atom. The summed E-state index contributed by atoms with van der Waals surface area (Å²) in [6.07, 6.45) is 2.07. The number of carbonyl (C=O) groups is 1. The predicted molar refractivity (Wildman–Crippen MR) is 105 cm³/mol. The Bertz CT molecular complexity index is 893. The summed E-state index contributed by atoms with van der Waals surface area (Å²) in [6, 6.07) is 11.8. The minimum Gasteiger partial charge on any atom is -0.497 e. The lowest BCUT2D eigenvalue weighted by Gasteiger charge is -2.23. The van der Waals surface area contributed by atoms with Crippen LogP contribution in [0.25, 0.3) is 11.5 Å². The Balaban J connectivity index is 1.37. The standard InChI is InChI=1S/C19H19N3O3S2/c1-24-14-8-6-13(7-9-14)18-20-21-19(25-18)27-12-17(23)22-10-2-4-15(22)16-5-3-11-26-16/h3,5-9,11,15H,2,4,10,12H2,1H3. The summed E-state index contributed by atoms with van der Waals surface area (Å²) in [5.74, 6) is 1.61. The predicted octanol–water partition coefficient (Wildman–Crippen LogP) is 4.26. The highest BCUT2D eigenvalue weighted by atomic mass is 32.2. The third-order valence-corrected chi connectivity index (χ3v) is 6.28. The Hall–Kier alpha value is -2.32. The van der Waals surface area contributed by atoms with Crippen LogP contribution < -0.4 is 4.74 Å². The summed E-state index contributed by atoms with van der Waals surface area (Å²) in [4.78, 5) is 15.9. The van der Waals surface area contributed by atoms with Crippen LogP contribution in [-0.4, -0.2) is 40.4 Å². The monoisotopic (exact) mass is 401 g/mol. The maximum atomic E-state index is 12.7. The second-order valence-corrected chi connectivity index (χ2v) is 8.06. The number of likely N-dealkylation sites (tertiary alicyclic amines) is 1. The number of nitrogens with zero attached hydrogens (tertiary/aromatic N) is 3. The smallest absolute Gasteiger partial charge is 0.277 e. The van der Waals surface area contributed by atoms with Crippen molar-refractivity contribution in [2.24, 2.45) is 0 Å². The average molecular weight is 402 g/mol. The largest absolute Gasteiger partial charge is 0.497 e. The van der Waals surface area contributed by atoms with Crippen LogP contribution in [0.5, 0.6) is 5.75 Å². The van der Waals surface area contributed by atoms with E-state index in [1.165, 1.54) is 16.6 Å². The van der Waals surface area contributed by atoms with Gasteiger partial charge >= 0.3 is 0 Å². The third-order valence-electron chi connectivity index (χ3n) is 4.51. The summed E-state index contributed by atoms with van der Waals surface area (Å²) < 4.78 is 10.8. The molecule has 0 saturated carbocycles. The van der Waals surface area contributed by atoms with Gasteiger partial charge in [0, 0.05) is 17.0 Å². The molecule has 3 heterocycles. The van der Waals surface area contributed by atoms with E-state index >= 15 is 0 Å². The van der Waals surface area contributed by atoms with Crippen molar-refractivity contribution in [3.05, 3.63) is 46.7 Å². The molecule has 2 aromatic heterocycles. The van der Waals surface area contributed by atoms with Gasteiger partial charge in [0.25, 0.3) is 5.22 Å². The Labute approximate surface area is 165 Å². The number of carbonyl (C=O) groups excluding carboxylic acids is 1. The Kier molecular flexibility index (Phi) is 5.45. The zero-order valence-corrected chi connectivity index (χ0v) is 16.5. The zero-order chi connectivity index (χ0) is 18.6. The number of aromatic nitrogens is 2. The van der Waals surface area contributed by atoms with Crippen LogP contribution in [0, 0.1) is 0 Å². The molecule has 8 heteroatoms. The van der Waals surface area contributed by atoms with Crippen LogP contribution in [-0.2, 0) is 4.79 Å². The molecule has 1 amide bonds. The molecule has 140 valence electrons. The highest BCUT2D eigenvalue weighted by molar-refractivity contribution is 7.99. The molecule has 4 rings (SSSR count). The number of thioether (sulfide) groups is 1. The van der Waals surface area contributed by atoms with Gasteiger partial charge in [-0.1, -0.05) is 17.8 Å². The van der Waals surface area contributed by atoms with E-state index in [1.807, 2.05) is 35.2 Å². The number of hydrogen-bond donors (Lipinski definition) is 0. The summed E-state index contributed by atoms with van der Waals surface area (Å²) in [5.41, 5.74) is 0.818. The molecule has 0 N–H and O–H groups in total. The van der Waals surface area contributed by atoms with E-state index in [4.69, 9.17) is 9.15 Å². The third kappa shape index (κ3) is 4.01. The number of hydrogen-bond acceptors (Lipinski definition) is 7. The first-order valence-corrected chi connectivity index (χ1v) is 10.5. The van der Waals surface area contributed by atoms with Gasteiger partial charge in [0.05, 0.1) is 18.9 Å². The van der Waals surface area contributed by atoms with E-state index in [1.54, 1.807) is 18.4 Å². The fraction of sp³-hybridized carbons (Fsp3) is 0.316. The number of rotatable bonds is 6. The number of methoxy groups -OCH3 is 1. The van der Waals surface area contributed by atoms with Gasteiger partial charge in [0.15, 0.2) is 0 Å². The van der Waals surface area contributed by atoms with Gasteiger partial charge in [-0.3, -0.25) is 4.79 Å². The first-order chi connectivity index (χ1) is 13.2. The molecule has 0 radical (unpaired) electrons. The van der Waals surface area contributed by atoms with Crippen LogP contribution in [0.2, 0.25) is 0 Å². The van der Waals surface area contributed by atoms with E-state index in [2.05, 4.69) is 21.6 Å². The van der Waals surface area contributed by atoms with Crippen LogP contribution in [0.4, 0.5) is 0 Å². The van der Waals surface area contributed by atoms with E-state index < -0.39 is 0 Å². The van der Waals surface area contributed by atoms with Crippen molar-refractivity contribution in [1.82, 2.24) is 15.1 Å². The van der Waals surface area contributed by atoms with Crippen molar-refractivity contribution in [2.45, 2.75) is 24.1 Å². The maximum Gasteiger partial charge on any atom is 0.277 e. The molecule has 1 aliphatic rings. The summed E-state index contributed by atoms with van der Waals surface area (Å²) >= 11 is 2.99. The summed E-state index contributed by atoms with van der Waals surface area (Å²) in [5, 5.41) is 10.6. The van der Waals surface area contributed by atoms with E-state index in [0.717, 1.165) is 30.7 Å². The second-order valence-electron chi connectivity index (χ2n) is 6.15. The van der Waals surface area contributed by atoms with Crippen molar-refractivity contribution >= 4 is 29.0 Å². The molecule has 1 saturated heterocycles. The van der Waals surface area contributed by atoms with Crippen LogP contribution in [0.1, 0.15) is 23.8 Å². The van der Waals surface area contributed by atoms with Gasteiger partial charge in [-0.2, -0.15) is 0 Å². The molecule has 1 aromatic carbocycles. The molecule has 1 fully saturated rings. The zero-order valence-electron chi connectivity index (χ0n) is 14.8. The van der Waals surface area contributed by atoms with Crippen molar-refractivity contribution in [1.29, 1.82) is 0 Å². The lowest BCUT2D eigenvalue weighted by atomic mass is 10.2. The van der Waals surface area contributed by atoms with E-state index in [9.17, 15) is 4.79 Å². The lowest BCUT2D eigenvalue weighted by molar-refractivity contribution is -0.129. The molecule has 3 aromatic rings. The van der Waals surface area contributed by atoms with Gasteiger partial charge in [0.1, 0.15) is 5.75 Å². The fourth-order valence-electron chi connectivity index (χ4n) is 3.17. The number of benzene rings is 1. The number of ether oxygens (including phenoxy) is 1. The number of amides is 1. The summed E-state index contributed by atoms with van der Waals surface area (Å²) in [6.45, 7) is 0.808. The highest BCUT2D eigenvalue weighted by Crippen LogP contribution is 2.35. The minimum atomic E-state index is 0.111. The van der Waals surface area contributed by atoms with Gasteiger partial charge in [-0.25, -0.2) is 0 Å². The maximum absolute atomic E-state index is 12.7. The first kappa shape index (κ1) is 18.1. The quantitative estimate of drug-likeness (QED) is 0.575. The fourth-order valence-corrected chi connectivity index (χ4v) is 4.69. The molecule has 0 spiro atoms. The molecule has 27 heavy (non-hydrogen) atoms. The summed E-state index contributed by atoms with van der Waals surface area (Å²) in [7, 11) is 1.62. The first-order valence-electron chi connectivity index (χ1n) is 8.68. The van der Waals surface area contributed by atoms with Crippen LogP contribution in [0.15, 0.2) is 51.4 Å². The molecular weight excluding hydrogens is 382 g/mol. The van der Waals surface area contributed by atoms with Crippen LogP contribution in [0.3, 0.4) is 0 Å². The topological polar surface area (TPSA) is 68.5 Å². The average Bonchev–Trinajstić information content (AvgIpc) is 3.47. The van der Waals surface area contributed by atoms with Gasteiger partial charge < -0.3 is 14.1 Å². The van der Waals surface area contributed by atoms with Crippen molar-refractivity contribution in [3.63, 3.8) is 0 Å². The molecule has 1 atom stereocenters. The van der Waals surface area contributed by atoms with Gasteiger partial charge in [0.2, 0.25) is 11.8 Å². The number of thiophene rings is 1. The Morgan fingerprint density at radius 3 is 2.93 bits per heavy atom. The molecule has 0 aliphatic carbocycles. The normalized spacial score (nSPS) is 16.6. The van der Waals surface area contributed by atoms with Gasteiger partial charge in [-0.15, -0.1) is 21.5 Å². The van der Waals surface area contributed by atoms with E-state index in [0.29, 0.717) is 16.9 Å². The molecule has 1 unspecified atom stereocenters. The Morgan fingerprint density at radius 2 is 2.19 bits per heavy atom. The molecule has 0 bridgehead atoms.